The van der Waals surface area contributed by atoms with Gasteiger partial charge in [0.05, 0.1) is 25.2 Å². The standard InChI is InChI=1S/C59H103NO5/c1-4-7-10-13-16-19-22-25-27-28-29-30-31-34-37-40-43-46-49-52-59(64)65-55(50-47-44-41-38-35-33-26-23-20-17-14-11-8-5-2)53-58(63)60-56(54-61)57(62)51-48-45-42-39-36-32-24-21-18-15-12-9-6-3/h8,11,16-17,19-20,25-27,29-30,33-34,37,55-57,61-62H,4-7,9-10,12-15,18,21-24,28,31-32,35-36,38-54H2,1-3H3,(H,60,63)/b11-8+,19-16-,20-17+,27-25-,30-29-,33-26+,37-34-. The summed E-state index contributed by atoms with van der Waals surface area (Å²) in [4.78, 5) is 26.2. The maximum atomic E-state index is 13.2. The molecule has 0 spiro atoms. The van der Waals surface area contributed by atoms with Gasteiger partial charge in [-0.1, -0.05) is 221 Å². The van der Waals surface area contributed by atoms with Crippen LogP contribution in [0.25, 0.3) is 0 Å². The van der Waals surface area contributed by atoms with E-state index in [1.54, 1.807) is 0 Å². The van der Waals surface area contributed by atoms with E-state index in [0.29, 0.717) is 19.3 Å². The molecule has 0 aromatic carbocycles. The van der Waals surface area contributed by atoms with Crippen molar-refractivity contribution in [1.29, 1.82) is 0 Å². The van der Waals surface area contributed by atoms with Gasteiger partial charge in [0.15, 0.2) is 0 Å². The summed E-state index contributed by atoms with van der Waals surface area (Å²) in [5.74, 6) is -0.534. The van der Waals surface area contributed by atoms with Crippen molar-refractivity contribution in [3.63, 3.8) is 0 Å². The maximum Gasteiger partial charge on any atom is 0.306 e. The molecular weight excluding hydrogens is 803 g/mol. The van der Waals surface area contributed by atoms with Gasteiger partial charge in [-0.05, 0) is 103 Å². The summed E-state index contributed by atoms with van der Waals surface area (Å²) in [5.41, 5.74) is 0. The van der Waals surface area contributed by atoms with Crippen molar-refractivity contribution >= 4 is 11.9 Å². The number of hydrogen-bond donors (Lipinski definition) is 3. The molecule has 374 valence electrons. The fourth-order valence-corrected chi connectivity index (χ4v) is 7.84. The minimum atomic E-state index is -0.804. The minimum absolute atomic E-state index is 0.0459. The molecule has 0 radical (unpaired) electrons. The van der Waals surface area contributed by atoms with Gasteiger partial charge in [-0.3, -0.25) is 9.59 Å². The van der Waals surface area contributed by atoms with Crippen molar-refractivity contribution in [3.05, 3.63) is 85.1 Å². The Labute approximate surface area is 402 Å². The van der Waals surface area contributed by atoms with Gasteiger partial charge in [0.1, 0.15) is 6.10 Å². The van der Waals surface area contributed by atoms with Crippen molar-refractivity contribution in [2.75, 3.05) is 6.61 Å². The fourth-order valence-electron chi connectivity index (χ4n) is 7.84. The number of esters is 1. The van der Waals surface area contributed by atoms with E-state index in [9.17, 15) is 19.8 Å². The predicted molar refractivity (Wildman–Crippen MR) is 282 cm³/mol. The van der Waals surface area contributed by atoms with Crippen molar-refractivity contribution in [3.8, 4) is 0 Å². The number of carbonyl (C=O) groups excluding carboxylic acids is 2. The molecule has 0 aliphatic carbocycles. The molecule has 1 amide bonds. The fraction of sp³-hybridized carbons (Fsp3) is 0.729. The molecule has 6 nitrogen and oxygen atoms in total. The van der Waals surface area contributed by atoms with E-state index >= 15 is 0 Å². The van der Waals surface area contributed by atoms with E-state index in [-0.39, 0.29) is 24.9 Å². The monoisotopic (exact) mass is 906 g/mol. The van der Waals surface area contributed by atoms with Crippen LogP contribution in [-0.4, -0.2) is 46.9 Å². The molecule has 3 atom stereocenters. The van der Waals surface area contributed by atoms with Crippen LogP contribution in [0.2, 0.25) is 0 Å². The van der Waals surface area contributed by atoms with Crippen molar-refractivity contribution in [1.82, 2.24) is 5.32 Å². The quantitative estimate of drug-likeness (QED) is 0.0321. The zero-order chi connectivity index (χ0) is 47.4. The predicted octanol–water partition coefficient (Wildman–Crippen LogP) is 16.7. The Hall–Kier alpha value is -2.96. The Morgan fingerprint density at radius 2 is 0.831 bits per heavy atom. The number of rotatable bonds is 48. The average molecular weight is 906 g/mol. The molecule has 0 bridgehead atoms. The number of hydrogen-bond acceptors (Lipinski definition) is 5. The molecule has 0 aromatic heterocycles. The number of unbranched alkanes of at least 4 members (excludes halogenated alkanes) is 22. The summed E-state index contributed by atoms with van der Waals surface area (Å²) in [7, 11) is 0. The SMILES string of the molecule is CC/C=C/C/C=C/C/C=C/CCCCCCC(CC(=O)NC(CO)C(O)CCCCCCCCCCCCCCC)OC(=O)CCCCC/C=C\C/C=C\C/C=C\C/C=C\CCCCC. The van der Waals surface area contributed by atoms with Crippen LogP contribution in [-0.2, 0) is 14.3 Å². The number of aliphatic hydroxyl groups is 2. The summed E-state index contributed by atoms with van der Waals surface area (Å²) in [6, 6.07) is -0.720. The van der Waals surface area contributed by atoms with Gasteiger partial charge < -0.3 is 20.3 Å². The maximum absolute atomic E-state index is 13.2. The summed E-state index contributed by atoms with van der Waals surface area (Å²) in [6.45, 7) is 6.33. The molecule has 65 heavy (non-hydrogen) atoms. The normalized spacial score (nSPS) is 13.9. The molecule has 0 heterocycles. The molecule has 0 aromatic rings. The van der Waals surface area contributed by atoms with Crippen LogP contribution in [0.4, 0.5) is 0 Å². The molecule has 6 heteroatoms. The molecule has 3 N–H and O–H groups in total. The summed E-state index contributed by atoms with van der Waals surface area (Å²) < 4.78 is 5.92. The highest BCUT2D eigenvalue weighted by Crippen LogP contribution is 2.17. The first-order chi connectivity index (χ1) is 32.0. The third-order valence-electron chi connectivity index (χ3n) is 12.0. The molecule has 0 aliphatic rings. The Morgan fingerprint density at radius 3 is 1.29 bits per heavy atom. The number of carbonyl (C=O) groups is 2. The summed E-state index contributed by atoms with van der Waals surface area (Å²) in [5, 5.41) is 23.8. The zero-order valence-corrected chi connectivity index (χ0v) is 42.6. The Balaban J connectivity index is 4.66. The summed E-state index contributed by atoms with van der Waals surface area (Å²) in [6.07, 6.45) is 67.8. The van der Waals surface area contributed by atoms with Gasteiger partial charge in [0.25, 0.3) is 0 Å². The Morgan fingerprint density at radius 1 is 0.462 bits per heavy atom. The number of aliphatic hydroxyl groups excluding tert-OH is 2. The highest BCUT2D eigenvalue weighted by Gasteiger charge is 2.24. The van der Waals surface area contributed by atoms with Gasteiger partial charge >= 0.3 is 5.97 Å². The molecular formula is C59H103NO5. The van der Waals surface area contributed by atoms with E-state index in [1.807, 2.05) is 0 Å². The van der Waals surface area contributed by atoms with E-state index in [1.165, 1.54) is 89.9 Å². The van der Waals surface area contributed by atoms with Crippen molar-refractivity contribution in [2.24, 2.45) is 0 Å². The van der Waals surface area contributed by atoms with Gasteiger partial charge in [0.2, 0.25) is 5.91 Å². The number of allylic oxidation sites excluding steroid dienone is 14. The number of amides is 1. The topological polar surface area (TPSA) is 95.9 Å². The second-order valence-corrected chi connectivity index (χ2v) is 18.2. The van der Waals surface area contributed by atoms with E-state index in [2.05, 4.69) is 111 Å². The van der Waals surface area contributed by atoms with Gasteiger partial charge in [-0.2, -0.15) is 0 Å². The molecule has 0 aliphatic heterocycles. The minimum Gasteiger partial charge on any atom is -0.462 e. The first-order valence-electron chi connectivity index (χ1n) is 27.3. The van der Waals surface area contributed by atoms with Gasteiger partial charge in [-0.25, -0.2) is 0 Å². The zero-order valence-electron chi connectivity index (χ0n) is 42.6. The lowest BCUT2D eigenvalue weighted by Gasteiger charge is -2.24. The molecule has 0 saturated carbocycles. The average Bonchev–Trinajstić information content (AvgIpc) is 3.30. The molecule has 0 fully saturated rings. The van der Waals surface area contributed by atoms with Crippen LogP contribution >= 0.6 is 0 Å². The smallest absolute Gasteiger partial charge is 0.306 e. The largest absolute Gasteiger partial charge is 0.462 e. The van der Waals surface area contributed by atoms with Crippen molar-refractivity contribution < 1.29 is 24.5 Å². The second kappa shape index (κ2) is 52.0. The van der Waals surface area contributed by atoms with Crippen LogP contribution in [0.1, 0.15) is 252 Å². The lowest BCUT2D eigenvalue weighted by atomic mass is 10.0. The first-order valence-corrected chi connectivity index (χ1v) is 27.3. The van der Waals surface area contributed by atoms with Crippen molar-refractivity contribution in [2.45, 2.75) is 270 Å². The highest BCUT2D eigenvalue weighted by molar-refractivity contribution is 5.77. The Bertz CT molecular complexity index is 1250. The van der Waals surface area contributed by atoms with Crippen LogP contribution < -0.4 is 5.32 Å². The molecule has 3 unspecified atom stereocenters. The third-order valence-corrected chi connectivity index (χ3v) is 12.0. The van der Waals surface area contributed by atoms with Crippen LogP contribution in [0.3, 0.4) is 0 Å². The third kappa shape index (κ3) is 47.3. The summed E-state index contributed by atoms with van der Waals surface area (Å²) >= 11 is 0. The number of nitrogens with one attached hydrogen (secondary N) is 1. The highest BCUT2D eigenvalue weighted by atomic mass is 16.5. The Kier molecular flexibility index (Phi) is 49.6. The van der Waals surface area contributed by atoms with Gasteiger partial charge in [-0.15, -0.1) is 0 Å². The second-order valence-electron chi connectivity index (χ2n) is 18.2. The first kappa shape index (κ1) is 62.0. The van der Waals surface area contributed by atoms with Crippen LogP contribution in [0.5, 0.6) is 0 Å². The van der Waals surface area contributed by atoms with Crippen LogP contribution in [0.15, 0.2) is 85.1 Å². The van der Waals surface area contributed by atoms with Gasteiger partial charge in [0, 0.05) is 6.42 Å². The molecule has 0 saturated heterocycles. The molecule has 0 rings (SSSR count). The lowest BCUT2D eigenvalue weighted by molar-refractivity contribution is -0.151. The lowest BCUT2D eigenvalue weighted by Crippen LogP contribution is -2.46. The number of ether oxygens (including phenoxy) is 1. The van der Waals surface area contributed by atoms with E-state index < -0.39 is 18.2 Å². The van der Waals surface area contributed by atoms with Crippen LogP contribution in [0, 0.1) is 0 Å². The van der Waals surface area contributed by atoms with E-state index in [0.717, 1.165) is 116 Å². The van der Waals surface area contributed by atoms with E-state index in [4.69, 9.17) is 4.74 Å².